The molecule has 7 heteroatoms. The number of ether oxygens (including phenoxy) is 1. The third-order valence-electron chi connectivity index (χ3n) is 3.58. The van der Waals surface area contributed by atoms with Crippen LogP contribution in [0.3, 0.4) is 0 Å². The first kappa shape index (κ1) is 17.5. The molecule has 0 aliphatic heterocycles. The summed E-state index contributed by atoms with van der Waals surface area (Å²) in [7, 11) is 0. The Morgan fingerprint density at radius 2 is 1.80 bits per heavy atom. The summed E-state index contributed by atoms with van der Waals surface area (Å²) < 4.78 is 46.2. The van der Waals surface area contributed by atoms with Crippen LogP contribution in [-0.2, 0) is 12.7 Å². The monoisotopic (exact) mass is 410 g/mol. The molecule has 0 spiro atoms. The van der Waals surface area contributed by atoms with Crippen molar-refractivity contribution in [1.82, 2.24) is 9.78 Å². The molecule has 130 valence electrons. The van der Waals surface area contributed by atoms with Gasteiger partial charge in [-0.05, 0) is 43.3 Å². The Hall–Kier alpha value is -2.28. The molecule has 3 rings (SSSR count). The Balaban J connectivity index is 1.86. The Labute approximate surface area is 151 Å². The lowest BCUT2D eigenvalue weighted by atomic mass is 10.1. The molecule has 0 radical (unpaired) electrons. The second-order valence-electron chi connectivity index (χ2n) is 5.32. The predicted octanol–water partition coefficient (Wildman–Crippen LogP) is 6.14. The topological polar surface area (TPSA) is 27.1 Å². The average molecular weight is 411 g/mol. The highest BCUT2D eigenvalue weighted by Crippen LogP contribution is 2.32. The Bertz CT molecular complexity index is 873. The van der Waals surface area contributed by atoms with E-state index in [4.69, 9.17) is 4.74 Å². The first-order valence-electron chi connectivity index (χ1n) is 7.55. The largest absolute Gasteiger partial charge is 0.438 e. The van der Waals surface area contributed by atoms with Gasteiger partial charge in [0.15, 0.2) is 0 Å². The molecular formula is C18H14BrF3N2O. The van der Waals surface area contributed by atoms with E-state index in [0.29, 0.717) is 18.2 Å². The highest BCUT2D eigenvalue weighted by atomic mass is 79.9. The molecule has 0 atom stereocenters. The standard InChI is InChI=1S/C18H14BrF3N2O/c1-2-24-16(12-4-3-5-14(19)10-12)11-17(23-24)25-15-8-6-13(7-9-15)18(20,21)22/h3-11H,2H2,1H3. The number of alkyl halides is 3. The van der Waals surface area contributed by atoms with Crippen molar-refractivity contribution in [3.8, 4) is 22.9 Å². The SMILES string of the molecule is CCn1nc(Oc2ccc(C(F)(F)F)cc2)cc1-c1cccc(Br)c1. The molecule has 2 aromatic carbocycles. The summed E-state index contributed by atoms with van der Waals surface area (Å²) in [6, 6.07) is 14.1. The maximum Gasteiger partial charge on any atom is 0.416 e. The smallest absolute Gasteiger partial charge is 0.416 e. The van der Waals surface area contributed by atoms with Gasteiger partial charge in [0.1, 0.15) is 5.75 Å². The van der Waals surface area contributed by atoms with E-state index < -0.39 is 11.7 Å². The molecule has 3 aromatic rings. The molecule has 0 aliphatic carbocycles. The maximum absolute atomic E-state index is 12.6. The first-order valence-corrected chi connectivity index (χ1v) is 8.35. The van der Waals surface area contributed by atoms with Crippen LogP contribution in [0.1, 0.15) is 12.5 Å². The number of aryl methyl sites for hydroxylation is 1. The highest BCUT2D eigenvalue weighted by Gasteiger charge is 2.30. The Kier molecular flexibility index (Phi) is 4.85. The van der Waals surface area contributed by atoms with Gasteiger partial charge in [0.25, 0.3) is 0 Å². The summed E-state index contributed by atoms with van der Waals surface area (Å²) in [4.78, 5) is 0. The lowest BCUT2D eigenvalue weighted by molar-refractivity contribution is -0.137. The molecular weight excluding hydrogens is 397 g/mol. The normalized spacial score (nSPS) is 11.6. The molecule has 0 aliphatic rings. The minimum atomic E-state index is -4.36. The minimum absolute atomic E-state index is 0.301. The highest BCUT2D eigenvalue weighted by molar-refractivity contribution is 9.10. The summed E-state index contributed by atoms with van der Waals surface area (Å²) in [5.74, 6) is 0.631. The predicted molar refractivity (Wildman–Crippen MR) is 92.6 cm³/mol. The molecule has 0 fully saturated rings. The second-order valence-corrected chi connectivity index (χ2v) is 6.23. The van der Waals surface area contributed by atoms with Crippen LogP contribution in [-0.4, -0.2) is 9.78 Å². The molecule has 0 amide bonds. The van der Waals surface area contributed by atoms with Gasteiger partial charge >= 0.3 is 6.18 Å². The maximum atomic E-state index is 12.6. The first-order chi connectivity index (χ1) is 11.9. The van der Waals surface area contributed by atoms with Crippen LogP contribution >= 0.6 is 15.9 Å². The molecule has 0 bridgehead atoms. The average Bonchev–Trinajstić information content (AvgIpc) is 2.97. The van der Waals surface area contributed by atoms with Crippen LogP contribution in [0, 0.1) is 0 Å². The Morgan fingerprint density at radius 3 is 2.40 bits per heavy atom. The summed E-state index contributed by atoms with van der Waals surface area (Å²) >= 11 is 3.44. The molecule has 0 N–H and O–H groups in total. The molecule has 25 heavy (non-hydrogen) atoms. The number of benzene rings is 2. The number of nitrogens with zero attached hydrogens (tertiary/aromatic N) is 2. The van der Waals surface area contributed by atoms with E-state index in [9.17, 15) is 13.2 Å². The van der Waals surface area contributed by atoms with E-state index in [2.05, 4.69) is 21.0 Å². The van der Waals surface area contributed by atoms with E-state index in [1.165, 1.54) is 12.1 Å². The van der Waals surface area contributed by atoms with Crippen LogP contribution in [0.5, 0.6) is 11.6 Å². The van der Waals surface area contributed by atoms with Crippen molar-refractivity contribution >= 4 is 15.9 Å². The van der Waals surface area contributed by atoms with Crippen molar-refractivity contribution in [3.05, 3.63) is 64.6 Å². The van der Waals surface area contributed by atoms with Gasteiger partial charge in [-0.3, -0.25) is 4.68 Å². The van der Waals surface area contributed by atoms with E-state index in [-0.39, 0.29) is 0 Å². The number of hydrogen-bond acceptors (Lipinski definition) is 2. The van der Waals surface area contributed by atoms with Gasteiger partial charge in [-0.25, -0.2) is 0 Å². The third kappa shape index (κ3) is 4.04. The van der Waals surface area contributed by atoms with Crippen molar-refractivity contribution in [2.75, 3.05) is 0 Å². The van der Waals surface area contributed by atoms with Crippen molar-refractivity contribution in [1.29, 1.82) is 0 Å². The van der Waals surface area contributed by atoms with E-state index in [0.717, 1.165) is 27.9 Å². The van der Waals surface area contributed by atoms with Gasteiger partial charge in [-0.1, -0.05) is 28.1 Å². The summed E-state index contributed by atoms with van der Waals surface area (Å²) in [5.41, 5.74) is 1.12. The fourth-order valence-corrected chi connectivity index (χ4v) is 2.80. The van der Waals surface area contributed by atoms with Crippen LogP contribution in [0.4, 0.5) is 13.2 Å². The number of aromatic nitrogens is 2. The molecule has 1 aromatic heterocycles. The molecule has 1 heterocycles. The summed E-state index contributed by atoms with van der Waals surface area (Å²) in [6.45, 7) is 2.59. The van der Waals surface area contributed by atoms with Gasteiger partial charge in [0.05, 0.1) is 11.3 Å². The number of rotatable bonds is 4. The zero-order chi connectivity index (χ0) is 18.0. The van der Waals surface area contributed by atoms with Gasteiger partial charge in [0, 0.05) is 22.6 Å². The van der Waals surface area contributed by atoms with Crippen molar-refractivity contribution in [2.24, 2.45) is 0 Å². The molecule has 0 saturated heterocycles. The molecule has 0 saturated carbocycles. The quantitative estimate of drug-likeness (QED) is 0.516. The zero-order valence-corrected chi connectivity index (χ0v) is 14.8. The lowest BCUT2D eigenvalue weighted by Gasteiger charge is -2.07. The van der Waals surface area contributed by atoms with Gasteiger partial charge < -0.3 is 4.74 Å². The minimum Gasteiger partial charge on any atom is -0.438 e. The van der Waals surface area contributed by atoms with Crippen LogP contribution in [0.15, 0.2) is 59.1 Å². The van der Waals surface area contributed by atoms with E-state index >= 15 is 0 Å². The van der Waals surface area contributed by atoms with Crippen LogP contribution in [0.2, 0.25) is 0 Å². The van der Waals surface area contributed by atoms with Crippen molar-refractivity contribution in [3.63, 3.8) is 0 Å². The lowest BCUT2D eigenvalue weighted by Crippen LogP contribution is -2.04. The van der Waals surface area contributed by atoms with Crippen LogP contribution < -0.4 is 4.74 Å². The zero-order valence-electron chi connectivity index (χ0n) is 13.2. The van der Waals surface area contributed by atoms with Gasteiger partial charge in [-0.2, -0.15) is 13.2 Å². The van der Waals surface area contributed by atoms with Crippen molar-refractivity contribution < 1.29 is 17.9 Å². The molecule has 3 nitrogen and oxygen atoms in total. The van der Waals surface area contributed by atoms with Gasteiger partial charge in [-0.15, -0.1) is 5.10 Å². The fourth-order valence-electron chi connectivity index (χ4n) is 2.40. The summed E-state index contributed by atoms with van der Waals surface area (Å²) in [6.07, 6.45) is -4.36. The Morgan fingerprint density at radius 1 is 1.08 bits per heavy atom. The number of halogens is 4. The van der Waals surface area contributed by atoms with Crippen molar-refractivity contribution in [2.45, 2.75) is 19.6 Å². The third-order valence-corrected chi connectivity index (χ3v) is 4.07. The second kappa shape index (κ2) is 6.92. The molecule has 0 unspecified atom stereocenters. The van der Waals surface area contributed by atoms with E-state index in [1.54, 1.807) is 10.7 Å². The number of hydrogen-bond donors (Lipinski definition) is 0. The van der Waals surface area contributed by atoms with E-state index in [1.807, 2.05) is 31.2 Å². The van der Waals surface area contributed by atoms with Crippen LogP contribution in [0.25, 0.3) is 11.3 Å². The van der Waals surface area contributed by atoms with Gasteiger partial charge in [0.2, 0.25) is 5.88 Å². The summed E-state index contributed by atoms with van der Waals surface area (Å²) in [5, 5.41) is 4.36. The fraction of sp³-hybridized carbons (Fsp3) is 0.167.